The predicted octanol–water partition coefficient (Wildman–Crippen LogP) is 1.56. The van der Waals surface area contributed by atoms with Crippen LogP contribution >= 0.6 is 0 Å². The van der Waals surface area contributed by atoms with Crippen molar-refractivity contribution in [3.8, 4) is 0 Å². The quantitative estimate of drug-likeness (QED) is 0.863. The highest BCUT2D eigenvalue weighted by Crippen LogP contribution is 2.21. The highest BCUT2D eigenvalue weighted by molar-refractivity contribution is 7.90. The number of hydrogen-bond donors (Lipinski definition) is 2. The van der Waals surface area contributed by atoms with Gasteiger partial charge in [0.05, 0.1) is 5.52 Å². The average Bonchev–Trinajstić information content (AvgIpc) is 2.73. The van der Waals surface area contributed by atoms with Gasteiger partial charge in [0.2, 0.25) is 0 Å². The Kier molecular flexibility index (Phi) is 3.53. The third-order valence-corrected chi connectivity index (χ3v) is 4.39. The molecule has 0 aliphatic rings. The van der Waals surface area contributed by atoms with Crippen LogP contribution in [-0.2, 0) is 10.2 Å². The van der Waals surface area contributed by atoms with Crippen LogP contribution in [0.3, 0.4) is 0 Å². The van der Waals surface area contributed by atoms with Gasteiger partial charge in [0.15, 0.2) is 5.82 Å². The lowest BCUT2D eigenvalue weighted by Crippen LogP contribution is -2.35. The fourth-order valence-corrected chi connectivity index (χ4v) is 3.00. The molecule has 1 heterocycles. The van der Waals surface area contributed by atoms with Gasteiger partial charge in [-0.15, -0.1) is 0 Å². The summed E-state index contributed by atoms with van der Waals surface area (Å²) in [6.45, 7) is 4.44. The van der Waals surface area contributed by atoms with Crippen molar-refractivity contribution in [2.24, 2.45) is 0 Å². The number of rotatable bonds is 5. The van der Waals surface area contributed by atoms with Crippen LogP contribution < -0.4 is 4.72 Å². The van der Waals surface area contributed by atoms with Crippen LogP contribution in [0.2, 0.25) is 0 Å². The van der Waals surface area contributed by atoms with E-state index >= 15 is 0 Å². The number of fused-ring (bicyclic) bond motifs is 1. The van der Waals surface area contributed by atoms with E-state index < -0.39 is 10.2 Å². The minimum atomic E-state index is -3.54. The number of aromatic amines is 1. The first-order valence-corrected chi connectivity index (χ1v) is 7.23. The molecule has 0 radical (unpaired) electrons. The molecular weight excluding hydrogens is 252 g/mol. The molecule has 0 bridgehead atoms. The van der Waals surface area contributed by atoms with Crippen molar-refractivity contribution in [3.63, 3.8) is 0 Å². The molecule has 1 aromatic carbocycles. The molecule has 2 rings (SSSR count). The summed E-state index contributed by atoms with van der Waals surface area (Å²) in [4.78, 5) is 0. The fraction of sp³-hybridized carbons (Fsp3) is 0.364. The van der Waals surface area contributed by atoms with E-state index in [0.717, 1.165) is 10.9 Å². The molecule has 0 aliphatic heterocycles. The summed E-state index contributed by atoms with van der Waals surface area (Å²) in [5, 5.41) is 7.54. The summed E-state index contributed by atoms with van der Waals surface area (Å²) < 4.78 is 28.0. The minimum Gasteiger partial charge on any atom is -0.276 e. The molecule has 0 saturated heterocycles. The molecule has 0 saturated carbocycles. The van der Waals surface area contributed by atoms with Gasteiger partial charge in [-0.05, 0) is 12.1 Å². The zero-order chi connectivity index (χ0) is 13.2. The molecule has 2 N–H and O–H groups in total. The number of anilines is 1. The fourth-order valence-electron chi connectivity index (χ4n) is 1.79. The molecule has 0 spiro atoms. The number of hydrogen-bond acceptors (Lipinski definition) is 3. The molecule has 0 atom stereocenters. The van der Waals surface area contributed by atoms with Crippen molar-refractivity contribution >= 4 is 26.9 Å². The Morgan fingerprint density at radius 2 is 1.94 bits per heavy atom. The molecule has 7 heteroatoms. The molecule has 0 fully saturated rings. The Morgan fingerprint density at radius 1 is 1.28 bits per heavy atom. The van der Waals surface area contributed by atoms with E-state index in [1.165, 1.54) is 4.31 Å². The Hall–Kier alpha value is -1.60. The maximum absolute atomic E-state index is 12.1. The number of benzene rings is 1. The molecule has 0 amide bonds. The molecule has 6 nitrogen and oxygen atoms in total. The predicted molar refractivity (Wildman–Crippen MR) is 71.6 cm³/mol. The first kappa shape index (κ1) is 12.8. The number of H-pyrrole nitrogens is 1. The first-order chi connectivity index (χ1) is 8.58. The summed E-state index contributed by atoms with van der Waals surface area (Å²) in [6, 6.07) is 7.37. The van der Waals surface area contributed by atoms with Crippen LogP contribution in [0.25, 0.3) is 10.9 Å². The van der Waals surface area contributed by atoms with E-state index in [-0.39, 0.29) is 0 Å². The van der Waals surface area contributed by atoms with Gasteiger partial charge in [0.1, 0.15) is 0 Å². The summed E-state index contributed by atoms with van der Waals surface area (Å²) in [5.74, 6) is 0.331. The van der Waals surface area contributed by atoms with Crippen molar-refractivity contribution in [1.82, 2.24) is 14.5 Å². The second kappa shape index (κ2) is 4.95. The summed E-state index contributed by atoms with van der Waals surface area (Å²) in [7, 11) is -3.54. The van der Waals surface area contributed by atoms with Crippen molar-refractivity contribution < 1.29 is 8.42 Å². The van der Waals surface area contributed by atoms with Gasteiger partial charge in [-0.2, -0.15) is 17.8 Å². The lowest BCUT2D eigenvalue weighted by atomic mass is 10.2. The molecule has 0 aliphatic carbocycles. The Balaban J connectivity index is 2.34. The van der Waals surface area contributed by atoms with Gasteiger partial charge in [0.25, 0.3) is 0 Å². The number of nitrogens with zero attached hydrogens (tertiary/aromatic N) is 2. The molecule has 18 heavy (non-hydrogen) atoms. The largest absolute Gasteiger partial charge is 0.302 e. The monoisotopic (exact) mass is 268 g/mol. The molecule has 0 unspecified atom stereocenters. The summed E-state index contributed by atoms with van der Waals surface area (Å²) >= 11 is 0. The van der Waals surface area contributed by atoms with E-state index in [1.807, 2.05) is 24.3 Å². The van der Waals surface area contributed by atoms with Crippen molar-refractivity contribution in [2.75, 3.05) is 17.8 Å². The zero-order valence-electron chi connectivity index (χ0n) is 10.3. The molecule has 2 aromatic rings. The molecule has 1 aromatic heterocycles. The highest BCUT2D eigenvalue weighted by atomic mass is 32.2. The lowest BCUT2D eigenvalue weighted by molar-refractivity contribution is 0.449. The van der Waals surface area contributed by atoms with E-state index in [0.29, 0.717) is 18.9 Å². The number of para-hydroxylation sites is 1. The second-order valence-corrected chi connectivity index (χ2v) is 5.48. The molecule has 98 valence electrons. The van der Waals surface area contributed by atoms with Gasteiger partial charge in [-0.25, -0.2) is 0 Å². The summed E-state index contributed by atoms with van der Waals surface area (Å²) in [6.07, 6.45) is 0. The topological polar surface area (TPSA) is 78.1 Å². The Labute approximate surface area is 106 Å². The smallest absolute Gasteiger partial charge is 0.276 e. The van der Waals surface area contributed by atoms with Crippen LogP contribution in [0.5, 0.6) is 0 Å². The average molecular weight is 268 g/mol. The standard InChI is InChI=1S/C11H16N4O2S/c1-3-15(4-2)18(16,17)14-11-9-7-5-6-8-10(9)12-13-11/h5-8H,3-4H2,1-2H3,(H2,12,13,14). The van der Waals surface area contributed by atoms with E-state index in [1.54, 1.807) is 13.8 Å². The van der Waals surface area contributed by atoms with Crippen LogP contribution in [-0.4, -0.2) is 36.0 Å². The van der Waals surface area contributed by atoms with Gasteiger partial charge >= 0.3 is 10.2 Å². The van der Waals surface area contributed by atoms with E-state index in [9.17, 15) is 8.42 Å². The van der Waals surface area contributed by atoms with E-state index in [4.69, 9.17) is 0 Å². The third kappa shape index (κ3) is 2.32. The van der Waals surface area contributed by atoms with Gasteiger partial charge in [-0.1, -0.05) is 26.0 Å². The number of aromatic nitrogens is 2. The van der Waals surface area contributed by atoms with E-state index in [2.05, 4.69) is 14.9 Å². The summed E-state index contributed by atoms with van der Waals surface area (Å²) in [5.41, 5.74) is 0.801. The van der Waals surface area contributed by atoms with Crippen molar-refractivity contribution in [1.29, 1.82) is 0 Å². The normalized spacial score (nSPS) is 12.2. The van der Waals surface area contributed by atoms with Crippen molar-refractivity contribution in [2.45, 2.75) is 13.8 Å². The highest BCUT2D eigenvalue weighted by Gasteiger charge is 2.20. The second-order valence-electron chi connectivity index (χ2n) is 3.81. The maximum Gasteiger partial charge on any atom is 0.302 e. The van der Waals surface area contributed by atoms with Gasteiger partial charge < -0.3 is 0 Å². The lowest BCUT2D eigenvalue weighted by Gasteiger charge is -2.18. The minimum absolute atomic E-state index is 0.331. The first-order valence-electron chi connectivity index (χ1n) is 5.79. The van der Waals surface area contributed by atoms with Crippen LogP contribution in [0.4, 0.5) is 5.82 Å². The van der Waals surface area contributed by atoms with Gasteiger partial charge in [0, 0.05) is 18.5 Å². The third-order valence-electron chi connectivity index (χ3n) is 2.74. The molecular formula is C11H16N4O2S. The zero-order valence-corrected chi connectivity index (χ0v) is 11.2. The van der Waals surface area contributed by atoms with Crippen LogP contribution in [0.1, 0.15) is 13.8 Å². The Morgan fingerprint density at radius 3 is 2.61 bits per heavy atom. The maximum atomic E-state index is 12.1. The van der Waals surface area contributed by atoms with Crippen molar-refractivity contribution in [3.05, 3.63) is 24.3 Å². The SMILES string of the molecule is CCN(CC)S(=O)(=O)Nc1n[nH]c2ccccc12. The van der Waals surface area contributed by atoms with Crippen LogP contribution in [0, 0.1) is 0 Å². The number of nitrogens with one attached hydrogen (secondary N) is 2. The Bertz CT molecular complexity index is 631. The van der Waals surface area contributed by atoms with Crippen LogP contribution in [0.15, 0.2) is 24.3 Å². The van der Waals surface area contributed by atoms with Gasteiger partial charge in [-0.3, -0.25) is 9.82 Å².